The van der Waals surface area contributed by atoms with Gasteiger partial charge in [-0.15, -0.1) is 5.10 Å². The maximum Gasteiger partial charge on any atom is 0.261 e. The summed E-state index contributed by atoms with van der Waals surface area (Å²) in [5.41, 5.74) is 2.70. The van der Waals surface area contributed by atoms with Crippen molar-refractivity contribution >= 4 is 5.91 Å². The zero-order chi connectivity index (χ0) is 22.7. The average Bonchev–Trinajstić information content (AvgIpc) is 3.29. The fraction of sp³-hybridized carbons (Fsp3) is 0.409. The molecule has 2 aliphatic rings. The minimum Gasteiger partial charge on any atom is -0.479 e. The summed E-state index contributed by atoms with van der Waals surface area (Å²) < 4.78 is 49.8. The number of carbonyl (C=O) groups is 1. The van der Waals surface area contributed by atoms with Gasteiger partial charge >= 0.3 is 0 Å². The summed E-state index contributed by atoms with van der Waals surface area (Å²) in [7, 11) is 4.88. The molecule has 5 rings (SSSR count). The Labute approximate surface area is 182 Å². The van der Waals surface area contributed by atoms with Crippen LogP contribution >= 0.6 is 0 Å². The van der Waals surface area contributed by atoms with E-state index in [0.29, 0.717) is 23.4 Å². The van der Waals surface area contributed by atoms with Crippen molar-refractivity contribution in [3.8, 4) is 17.1 Å². The number of benzene rings is 1. The van der Waals surface area contributed by atoms with E-state index in [4.69, 9.17) is 4.74 Å². The second-order valence-corrected chi connectivity index (χ2v) is 8.33. The largest absolute Gasteiger partial charge is 0.479 e. The molecule has 1 amide bonds. The number of amides is 1. The second kappa shape index (κ2) is 7.39. The number of piperidine rings is 1. The van der Waals surface area contributed by atoms with E-state index in [-0.39, 0.29) is 29.4 Å². The van der Waals surface area contributed by atoms with Gasteiger partial charge in [0.15, 0.2) is 17.5 Å². The number of nitrogens with zero attached hydrogens (tertiary/aromatic N) is 5. The van der Waals surface area contributed by atoms with Gasteiger partial charge in [-0.3, -0.25) is 14.2 Å². The monoisotopic (exact) mass is 445 g/mol. The van der Waals surface area contributed by atoms with E-state index in [9.17, 15) is 18.0 Å². The van der Waals surface area contributed by atoms with Crippen LogP contribution in [0.15, 0.2) is 18.3 Å². The lowest BCUT2D eigenvalue weighted by Crippen LogP contribution is -2.49. The molecule has 10 heteroatoms. The maximum atomic E-state index is 13.9. The number of aryl methyl sites for hydroxylation is 2. The number of hydrogen-bond acceptors (Lipinski definition) is 4. The number of ether oxygens (including phenoxy) is 1. The molecule has 0 spiro atoms. The summed E-state index contributed by atoms with van der Waals surface area (Å²) in [5.74, 6) is -3.90. The van der Waals surface area contributed by atoms with Gasteiger partial charge in [0.1, 0.15) is 5.56 Å². The summed E-state index contributed by atoms with van der Waals surface area (Å²) in [5, 5.41) is 8.83. The number of carbonyl (C=O) groups excluding carboxylic acids is 1. The van der Waals surface area contributed by atoms with E-state index in [0.717, 1.165) is 37.0 Å². The summed E-state index contributed by atoms with van der Waals surface area (Å²) >= 11 is 0. The highest BCUT2D eigenvalue weighted by atomic mass is 19.2. The first kappa shape index (κ1) is 20.6. The lowest BCUT2D eigenvalue weighted by Gasteiger charge is -2.45. The lowest BCUT2D eigenvalue weighted by molar-refractivity contribution is 0.0389. The molecular weight excluding hydrogens is 423 g/mol. The highest BCUT2D eigenvalue weighted by Gasteiger charge is 2.44. The Hall–Kier alpha value is -3.30. The van der Waals surface area contributed by atoms with Crippen LogP contribution in [0.1, 0.15) is 46.9 Å². The van der Waals surface area contributed by atoms with Gasteiger partial charge in [-0.1, -0.05) is 0 Å². The minimum absolute atomic E-state index is 0.100. The quantitative estimate of drug-likeness (QED) is 0.579. The van der Waals surface area contributed by atoms with Crippen molar-refractivity contribution in [1.82, 2.24) is 24.5 Å². The van der Waals surface area contributed by atoms with Gasteiger partial charge in [0.25, 0.3) is 5.91 Å². The number of rotatable bonds is 3. The molecule has 4 heterocycles. The van der Waals surface area contributed by atoms with Crippen LogP contribution in [0.2, 0.25) is 0 Å². The molecule has 0 N–H and O–H groups in total. The Morgan fingerprint density at radius 2 is 1.84 bits per heavy atom. The number of hydrogen-bond donors (Lipinski definition) is 0. The molecule has 0 radical (unpaired) electrons. The molecule has 2 bridgehead atoms. The summed E-state index contributed by atoms with van der Waals surface area (Å²) in [6.07, 6.45) is 4.59. The molecule has 1 aromatic carbocycles. The van der Waals surface area contributed by atoms with Gasteiger partial charge in [-0.2, -0.15) is 5.10 Å². The molecule has 32 heavy (non-hydrogen) atoms. The van der Waals surface area contributed by atoms with Gasteiger partial charge in [0.2, 0.25) is 5.88 Å². The predicted molar refractivity (Wildman–Crippen MR) is 109 cm³/mol. The summed E-state index contributed by atoms with van der Waals surface area (Å²) in [4.78, 5) is 15.4. The molecule has 2 atom stereocenters. The smallest absolute Gasteiger partial charge is 0.261 e. The van der Waals surface area contributed by atoms with Crippen LogP contribution in [-0.4, -0.2) is 43.5 Å². The van der Waals surface area contributed by atoms with Crippen LogP contribution in [0.5, 0.6) is 5.88 Å². The van der Waals surface area contributed by atoms with Gasteiger partial charge in [-0.05, 0) is 37.8 Å². The Balaban J connectivity index is 1.60. The molecule has 2 aliphatic heterocycles. The van der Waals surface area contributed by atoms with E-state index in [1.54, 1.807) is 25.0 Å². The predicted octanol–water partition coefficient (Wildman–Crippen LogP) is 3.54. The van der Waals surface area contributed by atoms with Crippen molar-refractivity contribution in [2.24, 2.45) is 14.1 Å². The molecule has 7 nitrogen and oxygen atoms in total. The molecule has 2 unspecified atom stereocenters. The zero-order valence-electron chi connectivity index (χ0n) is 17.9. The third-order valence-electron chi connectivity index (χ3n) is 6.39. The van der Waals surface area contributed by atoms with Crippen molar-refractivity contribution in [3.05, 3.63) is 52.6 Å². The Morgan fingerprint density at radius 3 is 2.53 bits per heavy atom. The SMILES string of the molecule is COc1nn(C)cc1C(=O)N1C2CCCC1c1nn(C)c(-c3cc(F)c(F)c(F)c3)c1C2. The number of halogens is 3. The topological polar surface area (TPSA) is 65.2 Å². The van der Waals surface area contributed by atoms with Gasteiger partial charge in [-0.25, -0.2) is 13.2 Å². The first-order chi connectivity index (χ1) is 15.3. The van der Waals surface area contributed by atoms with Crippen LogP contribution in [0.25, 0.3) is 11.3 Å². The lowest BCUT2D eigenvalue weighted by atomic mass is 9.81. The van der Waals surface area contributed by atoms with E-state index in [2.05, 4.69) is 10.2 Å². The molecule has 2 aromatic heterocycles. The Kier molecular flexibility index (Phi) is 4.75. The Morgan fingerprint density at radius 1 is 1.12 bits per heavy atom. The average molecular weight is 445 g/mol. The molecular formula is C22H22F3N5O2. The summed E-state index contributed by atoms with van der Waals surface area (Å²) in [6.45, 7) is 0. The number of aromatic nitrogens is 4. The molecule has 3 aromatic rings. The summed E-state index contributed by atoms with van der Waals surface area (Å²) in [6, 6.07) is 1.61. The second-order valence-electron chi connectivity index (χ2n) is 8.33. The normalized spacial score (nSPS) is 19.8. The van der Waals surface area contributed by atoms with Crippen molar-refractivity contribution < 1.29 is 22.7 Å². The standard InChI is InChI=1S/C22H22F3N5O2/c1-28-10-14(21(27-28)32-3)22(31)30-12-5-4-6-17(30)19-13(9-12)20(29(2)26-19)11-7-15(23)18(25)16(24)8-11/h7-8,10,12,17H,4-6,9H2,1-3H3. The van der Waals surface area contributed by atoms with Crippen LogP contribution in [0, 0.1) is 17.5 Å². The van der Waals surface area contributed by atoms with Crippen molar-refractivity contribution in [3.63, 3.8) is 0 Å². The maximum absolute atomic E-state index is 13.9. The highest BCUT2D eigenvalue weighted by Crippen LogP contribution is 2.45. The van der Waals surface area contributed by atoms with Crippen molar-refractivity contribution in [2.45, 2.75) is 37.8 Å². The van der Waals surface area contributed by atoms with E-state index < -0.39 is 17.5 Å². The van der Waals surface area contributed by atoms with E-state index in [1.807, 2.05) is 4.90 Å². The van der Waals surface area contributed by atoms with Crippen LogP contribution < -0.4 is 4.74 Å². The molecule has 168 valence electrons. The third kappa shape index (κ3) is 3.00. The first-order valence-corrected chi connectivity index (χ1v) is 10.4. The first-order valence-electron chi connectivity index (χ1n) is 10.4. The highest BCUT2D eigenvalue weighted by molar-refractivity contribution is 5.97. The fourth-order valence-electron chi connectivity index (χ4n) is 5.11. The molecule has 1 fully saturated rings. The Bertz CT molecular complexity index is 1210. The van der Waals surface area contributed by atoms with Crippen LogP contribution in [0.4, 0.5) is 13.2 Å². The minimum atomic E-state index is -1.50. The fourth-order valence-corrected chi connectivity index (χ4v) is 5.11. The number of methoxy groups -OCH3 is 1. The third-order valence-corrected chi connectivity index (χ3v) is 6.39. The van der Waals surface area contributed by atoms with Crippen molar-refractivity contribution in [2.75, 3.05) is 7.11 Å². The van der Waals surface area contributed by atoms with E-state index in [1.165, 1.54) is 11.8 Å². The van der Waals surface area contributed by atoms with Crippen LogP contribution in [0.3, 0.4) is 0 Å². The molecule has 0 saturated carbocycles. The van der Waals surface area contributed by atoms with Gasteiger partial charge in [0.05, 0.1) is 24.5 Å². The van der Waals surface area contributed by atoms with E-state index >= 15 is 0 Å². The van der Waals surface area contributed by atoms with Gasteiger partial charge < -0.3 is 9.64 Å². The van der Waals surface area contributed by atoms with Gasteiger partial charge in [0, 0.05) is 37.5 Å². The number of fused-ring (bicyclic) bond motifs is 4. The zero-order valence-corrected chi connectivity index (χ0v) is 17.9. The molecule has 0 aliphatic carbocycles. The van der Waals surface area contributed by atoms with Crippen LogP contribution in [-0.2, 0) is 20.5 Å². The molecule has 1 saturated heterocycles. The van der Waals surface area contributed by atoms with Crippen molar-refractivity contribution in [1.29, 1.82) is 0 Å².